The Morgan fingerprint density at radius 3 is 3.00 bits per heavy atom. The topological polar surface area (TPSA) is 12.0 Å². The van der Waals surface area contributed by atoms with Crippen LogP contribution in [0.15, 0.2) is 16.6 Å². The fourth-order valence-electron chi connectivity index (χ4n) is 1.79. The highest BCUT2D eigenvalue weighted by Gasteiger charge is 2.21. The zero-order valence-electron chi connectivity index (χ0n) is 7.40. The Hall–Kier alpha value is -0.570. The molecule has 70 valence electrons. The van der Waals surface area contributed by atoms with E-state index in [1.807, 2.05) is 0 Å². The Labute approximate surface area is 85.5 Å². The third kappa shape index (κ3) is 1.46. The average Bonchev–Trinajstić information content (AvgIpc) is 2.12. The molecule has 0 fully saturated rings. The summed E-state index contributed by atoms with van der Waals surface area (Å²) in [6, 6.07) is 3.27. The standard InChI is InChI=1S/C10H11BrFN/c1-6-4-5-13-10-7(11)2-3-8(12)9(6)10/h2-3,6,13H,4-5H2,1H3. The van der Waals surface area contributed by atoms with Gasteiger partial charge < -0.3 is 5.32 Å². The number of hydrogen-bond donors (Lipinski definition) is 1. The van der Waals surface area contributed by atoms with Crippen molar-refractivity contribution in [3.63, 3.8) is 0 Å². The van der Waals surface area contributed by atoms with Gasteiger partial charge in [-0.2, -0.15) is 0 Å². The smallest absolute Gasteiger partial charge is 0.128 e. The summed E-state index contributed by atoms with van der Waals surface area (Å²) in [5, 5.41) is 3.22. The van der Waals surface area contributed by atoms with Crippen molar-refractivity contribution in [2.75, 3.05) is 11.9 Å². The maximum absolute atomic E-state index is 13.4. The molecule has 0 bridgehead atoms. The summed E-state index contributed by atoms with van der Waals surface area (Å²) in [5.41, 5.74) is 1.75. The molecule has 1 N–H and O–H groups in total. The van der Waals surface area contributed by atoms with Crippen molar-refractivity contribution in [3.05, 3.63) is 28.0 Å². The number of rotatable bonds is 0. The van der Waals surface area contributed by atoms with Gasteiger partial charge in [-0.15, -0.1) is 0 Å². The van der Waals surface area contributed by atoms with Crippen molar-refractivity contribution in [1.82, 2.24) is 0 Å². The van der Waals surface area contributed by atoms with Crippen LogP contribution in [0.2, 0.25) is 0 Å². The number of fused-ring (bicyclic) bond motifs is 1. The lowest BCUT2D eigenvalue weighted by Gasteiger charge is -2.25. The molecule has 3 heteroatoms. The molecule has 0 spiro atoms. The third-order valence-corrected chi connectivity index (χ3v) is 3.17. The molecule has 1 aromatic rings. The number of nitrogens with one attached hydrogen (secondary N) is 1. The predicted octanol–water partition coefficient (Wildman–Crippen LogP) is 3.51. The van der Waals surface area contributed by atoms with Crippen molar-refractivity contribution in [2.45, 2.75) is 19.3 Å². The summed E-state index contributed by atoms with van der Waals surface area (Å²) in [7, 11) is 0. The minimum absolute atomic E-state index is 0.0992. The second kappa shape index (κ2) is 3.29. The first-order chi connectivity index (χ1) is 6.20. The van der Waals surface area contributed by atoms with Crippen molar-refractivity contribution >= 4 is 21.6 Å². The lowest BCUT2D eigenvalue weighted by molar-refractivity contribution is 0.571. The average molecular weight is 244 g/mol. The zero-order valence-corrected chi connectivity index (χ0v) is 8.99. The Bertz CT molecular complexity index is 338. The van der Waals surface area contributed by atoms with Crippen LogP contribution in [0.1, 0.15) is 24.8 Å². The van der Waals surface area contributed by atoms with Crippen molar-refractivity contribution in [3.8, 4) is 0 Å². The molecule has 1 atom stereocenters. The normalized spacial score (nSPS) is 20.7. The molecule has 1 aliphatic rings. The van der Waals surface area contributed by atoms with Crippen LogP contribution in [-0.2, 0) is 0 Å². The molecule has 1 nitrogen and oxygen atoms in total. The molecule has 1 unspecified atom stereocenters. The molecule has 1 aliphatic heterocycles. The molecule has 0 radical (unpaired) electrons. The third-order valence-electron chi connectivity index (χ3n) is 2.51. The molecule has 2 rings (SSSR count). The van der Waals surface area contributed by atoms with Gasteiger partial charge in [-0.1, -0.05) is 6.92 Å². The summed E-state index contributed by atoms with van der Waals surface area (Å²) in [4.78, 5) is 0. The lowest BCUT2D eigenvalue weighted by atomic mass is 9.92. The van der Waals surface area contributed by atoms with Crippen LogP contribution in [0.25, 0.3) is 0 Å². The highest BCUT2D eigenvalue weighted by molar-refractivity contribution is 9.10. The maximum atomic E-state index is 13.4. The number of halogens is 2. The highest BCUT2D eigenvalue weighted by Crippen LogP contribution is 2.37. The van der Waals surface area contributed by atoms with Gasteiger partial charge >= 0.3 is 0 Å². The first kappa shape index (κ1) is 9.00. The van der Waals surface area contributed by atoms with Crippen LogP contribution in [0.5, 0.6) is 0 Å². The van der Waals surface area contributed by atoms with Crippen molar-refractivity contribution in [1.29, 1.82) is 0 Å². The zero-order chi connectivity index (χ0) is 9.42. The molecule has 0 aliphatic carbocycles. The lowest BCUT2D eigenvalue weighted by Crippen LogP contribution is -2.16. The van der Waals surface area contributed by atoms with Crippen LogP contribution in [0.3, 0.4) is 0 Å². The van der Waals surface area contributed by atoms with E-state index in [0.29, 0.717) is 5.92 Å². The fourth-order valence-corrected chi connectivity index (χ4v) is 2.27. The molecular formula is C10H11BrFN. The minimum Gasteiger partial charge on any atom is -0.384 e. The van der Waals surface area contributed by atoms with Crippen LogP contribution >= 0.6 is 15.9 Å². The Morgan fingerprint density at radius 2 is 2.31 bits per heavy atom. The molecule has 1 heterocycles. The fraction of sp³-hybridized carbons (Fsp3) is 0.400. The second-order valence-electron chi connectivity index (χ2n) is 3.43. The molecule has 0 saturated carbocycles. The molecule has 0 aromatic heterocycles. The second-order valence-corrected chi connectivity index (χ2v) is 4.29. The van der Waals surface area contributed by atoms with Gasteiger partial charge in [0.05, 0.1) is 5.69 Å². The van der Waals surface area contributed by atoms with E-state index < -0.39 is 0 Å². The summed E-state index contributed by atoms with van der Waals surface area (Å²) in [6.07, 6.45) is 1.00. The van der Waals surface area contributed by atoms with Gasteiger partial charge in [-0.3, -0.25) is 0 Å². The highest BCUT2D eigenvalue weighted by atomic mass is 79.9. The number of hydrogen-bond acceptors (Lipinski definition) is 1. The van der Waals surface area contributed by atoms with E-state index in [9.17, 15) is 4.39 Å². The first-order valence-electron chi connectivity index (χ1n) is 4.42. The van der Waals surface area contributed by atoms with Crippen LogP contribution in [0.4, 0.5) is 10.1 Å². The van der Waals surface area contributed by atoms with E-state index in [0.717, 1.165) is 28.7 Å². The molecular weight excluding hydrogens is 233 g/mol. The Balaban J connectivity index is 2.60. The van der Waals surface area contributed by atoms with Gasteiger partial charge in [0.15, 0.2) is 0 Å². The minimum atomic E-state index is -0.0992. The number of benzene rings is 1. The SMILES string of the molecule is CC1CCNc2c(Br)ccc(F)c21. The van der Waals surface area contributed by atoms with E-state index >= 15 is 0 Å². The first-order valence-corrected chi connectivity index (χ1v) is 5.21. The largest absolute Gasteiger partial charge is 0.384 e. The molecule has 0 amide bonds. The van der Waals surface area contributed by atoms with Crippen LogP contribution < -0.4 is 5.32 Å². The van der Waals surface area contributed by atoms with E-state index in [2.05, 4.69) is 28.2 Å². The van der Waals surface area contributed by atoms with E-state index in [4.69, 9.17) is 0 Å². The summed E-state index contributed by atoms with van der Waals surface area (Å²) in [6.45, 7) is 2.99. The van der Waals surface area contributed by atoms with Gasteiger partial charge in [-0.05, 0) is 40.4 Å². The summed E-state index contributed by atoms with van der Waals surface area (Å²) >= 11 is 3.41. The molecule has 0 saturated heterocycles. The van der Waals surface area contributed by atoms with E-state index in [1.165, 1.54) is 6.07 Å². The monoisotopic (exact) mass is 243 g/mol. The van der Waals surface area contributed by atoms with Gasteiger partial charge in [0.2, 0.25) is 0 Å². The maximum Gasteiger partial charge on any atom is 0.128 e. The molecule has 13 heavy (non-hydrogen) atoms. The summed E-state index contributed by atoms with van der Waals surface area (Å²) in [5.74, 6) is 0.214. The van der Waals surface area contributed by atoms with Crippen molar-refractivity contribution < 1.29 is 4.39 Å². The van der Waals surface area contributed by atoms with Gasteiger partial charge in [-0.25, -0.2) is 4.39 Å². The van der Waals surface area contributed by atoms with E-state index in [-0.39, 0.29) is 5.82 Å². The van der Waals surface area contributed by atoms with Crippen LogP contribution in [-0.4, -0.2) is 6.54 Å². The van der Waals surface area contributed by atoms with Gasteiger partial charge in [0, 0.05) is 16.6 Å². The predicted molar refractivity (Wildman–Crippen MR) is 55.6 cm³/mol. The van der Waals surface area contributed by atoms with Gasteiger partial charge in [0.1, 0.15) is 5.82 Å². The Morgan fingerprint density at radius 1 is 1.54 bits per heavy atom. The van der Waals surface area contributed by atoms with Crippen LogP contribution in [0, 0.1) is 5.82 Å². The van der Waals surface area contributed by atoms with E-state index in [1.54, 1.807) is 6.07 Å². The van der Waals surface area contributed by atoms with Crippen molar-refractivity contribution in [2.24, 2.45) is 0 Å². The Kier molecular flexibility index (Phi) is 2.28. The summed E-state index contributed by atoms with van der Waals surface area (Å²) < 4.78 is 14.4. The quantitative estimate of drug-likeness (QED) is 0.736. The molecule has 1 aromatic carbocycles. The van der Waals surface area contributed by atoms with Gasteiger partial charge in [0.25, 0.3) is 0 Å². The number of anilines is 1.